The fourth-order valence-electron chi connectivity index (χ4n) is 0.941. The molecular weight excluding hydrogens is 190 g/mol. The summed E-state index contributed by atoms with van der Waals surface area (Å²) in [5.74, 6) is 0.366. The Morgan fingerprint density at radius 2 is 2.29 bits per heavy atom. The van der Waals surface area contributed by atoms with Crippen molar-refractivity contribution >= 4 is 0 Å². The lowest BCUT2D eigenvalue weighted by molar-refractivity contribution is 0.0817. The Kier molecular flexibility index (Phi) is 4.25. The fraction of sp³-hybridized carbons (Fsp3) is 0.444. The molecule has 0 aromatic carbocycles. The third-order valence-corrected chi connectivity index (χ3v) is 1.53. The minimum Gasteiger partial charge on any atom is -0.486 e. The second-order valence-electron chi connectivity index (χ2n) is 2.72. The average molecular weight is 202 g/mol. The molecule has 1 rings (SSSR count). The minimum absolute atomic E-state index is 0.366. The van der Waals surface area contributed by atoms with Crippen LogP contribution in [0.25, 0.3) is 0 Å². The molecule has 0 aliphatic rings. The van der Waals surface area contributed by atoms with Crippen molar-refractivity contribution in [2.24, 2.45) is 0 Å². The zero-order chi connectivity index (χ0) is 10.4. The molecular formula is C9H12F2N2O. The molecule has 1 aromatic heterocycles. The molecule has 0 amide bonds. The molecule has 1 N–H and O–H groups in total. The zero-order valence-electron chi connectivity index (χ0n) is 7.84. The SMILES string of the molecule is CNCc1ccc(OCC(F)F)cn1. The molecule has 0 unspecified atom stereocenters. The largest absolute Gasteiger partial charge is 0.486 e. The van der Waals surface area contributed by atoms with Crippen molar-refractivity contribution in [2.45, 2.75) is 13.0 Å². The van der Waals surface area contributed by atoms with Gasteiger partial charge < -0.3 is 10.1 Å². The smallest absolute Gasteiger partial charge is 0.272 e. The normalized spacial score (nSPS) is 10.6. The van der Waals surface area contributed by atoms with Crippen LogP contribution in [0.4, 0.5) is 8.78 Å². The number of hydrogen-bond donors (Lipinski definition) is 1. The lowest BCUT2D eigenvalue weighted by atomic mass is 10.3. The molecule has 0 radical (unpaired) electrons. The van der Waals surface area contributed by atoms with Crippen LogP contribution in [0.5, 0.6) is 5.75 Å². The summed E-state index contributed by atoms with van der Waals surface area (Å²) in [6.45, 7) is 0.0577. The molecule has 0 bridgehead atoms. The molecule has 14 heavy (non-hydrogen) atoms. The molecule has 78 valence electrons. The van der Waals surface area contributed by atoms with Gasteiger partial charge in [0.05, 0.1) is 11.9 Å². The van der Waals surface area contributed by atoms with Crippen LogP contribution in [0.2, 0.25) is 0 Å². The van der Waals surface area contributed by atoms with Gasteiger partial charge in [0.15, 0.2) is 0 Å². The monoisotopic (exact) mass is 202 g/mol. The van der Waals surface area contributed by atoms with Gasteiger partial charge >= 0.3 is 0 Å². The van der Waals surface area contributed by atoms with Gasteiger partial charge in [-0.3, -0.25) is 4.98 Å². The van der Waals surface area contributed by atoms with E-state index >= 15 is 0 Å². The number of ether oxygens (including phenoxy) is 1. The van der Waals surface area contributed by atoms with E-state index in [1.54, 1.807) is 12.1 Å². The van der Waals surface area contributed by atoms with Crippen molar-refractivity contribution in [2.75, 3.05) is 13.7 Å². The molecule has 0 atom stereocenters. The minimum atomic E-state index is -2.45. The van der Waals surface area contributed by atoms with Crippen LogP contribution in [-0.2, 0) is 6.54 Å². The number of pyridine rings is 1. The zero-order valence-corrected chi connectivity index (χ0v) is 7.84. The Bertz CT molecular complexity index is 264. The van der Waals surface area contributed by atoms with Gasteiger partial charge in [0, 0.05) is 6.54 Å². The highest BCUT2D eigenvalue weighted by Crippen LogP contribution is 2.10. The summed E-state index contributed by atoms with van der Waals surface area (Å²) in [6.07, 6.45) is -1.01. The van der Waals surface area contributed by atoms with E-state index in [1.165, 1.54) is 6.20 Å². The Hall–Kier alpha value is -1.23. The van der Waals surface area contributed by atoms with Gasteiger partial charge in [-0.25, -0.2) is 8.78 Å². The Morgan fingerprint density at radius 1 is 1.50 bits per heavy atom. The number of alkyl halides is 2. The van der Waals surface area contributed by atoms with Crippen LogP contribution < -0.4 is 10.1 Å². The van der Waals surface area contributed by atoms with Crippen LogP contribution in [0, 0.1) is 0 Å². The fourth-order valence-corrected chi connectivity index (χ4v) is 0.941. The third-order valence-electron chi connectivity index (χ3n) is 1.53. The van der Waals surface area contributed by atoms with E-state index in [-0.39, 0.29) is 0 Å². The summed E-state index contributed by atoms with van der Waals surface area (Å²) in [7, 11) is 1.81. The highest BCUT2D eigenvalue weighted by atomic mass is 19.3. The van der Waals surface area contributed by atoms with Gasteiger partial charge in [-0.2, -0.15) is 0 Å². The van der Waals surface area contributed by atoms with E-state index in [1.807, 2.05) is 7.05 Å². The maximum Gasteiger partial charge on any atom is 0.272 e. The number of nitrogens with zero attached hydrogens (tertiary/aromatic N) is 1. The first-order valence-corrected chi connectivity index (χ1v) is 4.23. The number of aromatic nitrogens is 1. The maximum absolute atomic E-state index is 11.8. The first kappa shape index (κ1) is 10.8. The summed E-state index contributed by atoms with van der Waals surface area (Å²) in [6, 6.07) is 3.36. The topological polar surface area (TPSA) is 34.1 Å². The maximum atomic E-state index is 11.8. The van der Waals surface area contributed by atoms with Crippen molar-refractivity contribution in [3.05, 3.63) is 24.0 Å². The molecule has 5 heteroatoms. The van der Waals surface area contributed by atoms with Gasteiger partial charge in [0.2, 0.25) is 0 Å². The Morgan fingerprint density at radius 3 is 2.79 bits per heavy atom. The van der Waals surface area contributed by atoms with Gasteiger partial charge in [-0.15, -0.1) is 0 Å². The van der Waals surface area contributed by atoms with Gasteiger partial charge in [-0.05, 0) is 19.2 Å². The number of hydrogen-bond acceptors (Lipinski definition) is 3. The van der Waals surface area contributed by atoms with Gasteiger partial charge in [0.1, 0.15) is 12.4 Å². The van der Waals surface area contributed by atoms with Crippen molar-refractivity contribution in [3.8, 4) is 5.75 Å². The molecule has 0 aliphatic heterocycles. The van der Waals surface area contributed by atoms with Crippen molar-refractivity contribution in [1.82, 2.24) is 10.3 Å². The molecule has 0 aliphatic carbocycles. The number of rotatable bonds is 5. The van der Waals surface area contributed by atoms with Crippen molar-refractivity contribution in [1.29, 1.82) is 0 Å². The molecule has 1 aromatic rings. The summed E-state index contributed by atoms with van der Waals surface area (Å²) in [5.41, 5.74) is 0.844. The van der Waals surface area contributed by atoms with Crippen molar-refractivity contribution < 1.29 is 13.5 Å². The second kappa shape index (κ2) is 5.49. The van der Waals surface area contributed by atoms with E-state index in [0.29, 0.717) is 12.3 Å². The predicted molar refractivity (Wildman–Crippen MR) is 48.5 cm³/mol. The number of halogens is 2. The summed E-state index contributed by atoms with van der Waals surface area (Å²) >= 11 is 0. The van der Waals surface area contributed by atoms with Crippen LogP contribution >= 0.6 is 0 Å². The highest BCUT2D eigenvalue weighted by molar-refractivity contribution is 5.19. The second-order valence-corrected chi connectivity index (χ2v) is 2.72. The van der Waals surface area contributed by atoms with Gasteiger partial charge in [0.25, 0.3) is 6.43 Å². The van der Waals surface area contributed by atoms with Gasteiger partial charge in [-0.1, -0.05) is 0 Å². The van der Waals surface area contributed by atoms with E-state index in [0.717, 1.165) is 5.69 Å². The van der Waals surface area contributed by atoms with Crippen LogP contribution in [0.1, 0.15) is 5.69 Å². The third kappa shape index (κ3) is 3.66. The average Bonchev–Trinajstić information content (AvgIpc) is 2.17. The Balaban J connectivity index is 2.46. The number of nitrogens with one attached hydrogen (secondary N) is 1. The first-order valence-electron chi connectivity index (χ1n) is 4.23. The van der Waals surface area contributed by atoms with E-state index in [4.69, 9.17) is 4.74 Å². The van der Waals surface area contributed by atoms with E-state index < -0.39 is 13.0 Å². The summed E-state index contributed by atoms with van der Waals surface area (Å²) in [5, 5.41) is 2.93. The van der Waals surface area contributed by atoms with E-state index in [2.05, 4.69) is 10.3 Å². The van der Waals surface area contributed by atoms with Crippen LogP contribution in [0.15, 0.2) is 18.3 Å². The van der Waals surface area contributed by atoms with Crippen molar-refractivity contribution in [3.63, 3.8) is 0 Å². The molecule has 1 heterocycles. The summed E-state index contributed by atoms with van der Waals surface area (Å²) < 4.78 is 28.3. The standard InChI is InChI=1S/C9H12F2N2O/c1-12-4-7-2-3-8(5-13-7)14-6-9(10)11/h2-3,5,9,12H,4,6H2,1H3. The highest BCUT2D eigenvalue weighted by Gasteiger charge is 2.03. The van der Waals surface area contributed by atoms with Crippen LogP contribution in [-0.4, -0.2) is 25.1 Å². The quantitative estimate of drug-likeness (QED) is 0.784. The summed E-state index contributed by atoms with van der Waals surface area (Å²) in [4.78, 5) is 4.01. The van der Waals surface area contributed by atoms with E-state index in [9.17, 15) is 8.78 Å². The molecule has 0 saturated carbocycles. The molecule has 0 spiro atoms. The lowest BCUT2D eigenvalue weighted by Gasteiger charge is -2.05. The molecule has 3 nitrogen and oxygen atoms in total. The van der Waals surface area contributed by atoms with Crippen LogP contribution in [0.3, 0.4) is 0 Å². The predicted octanol–water partition coefficient (Wildman–Crippen LogP) is 1.44. The first-order chi connectivity index (χ1) is 6.72. The molecule has 0 fully saturated rings. The molecule has 0 saturated heterocycles. The lowest BCUT2D eigenvalue weighted by Crippen LogP contribution is -2.09. The Labute approximate surface area is 81.1 Å².